The van der Waals surface area contributed by atoms with Crippen LogP contribution in [0.5, 0.6) is 0 Å². The summed E-state index contributed by atoms with van der Waals surface area (Å²) < 4.78 is 5.56. The zero-order valence-electron chi connectivity index (χ0n) is 12.4. The first kappa shape index (κ1) is 15.1. The third-order valence-electron chi connectivity index (χ3n) is 3.99. The number of hydrogen-bond acceptors (Lipinski definition) is 3. The van der Waals surface area contributed by atoms with Crippen molar-refractivity contribution in [1.29, 1.82) is 0 Å². The minimum absolute atomic E-state index is 0.0636. The van der Waals surface area contributed by atoms with E-state index >= 15 is 0 Å². The molecule has 0 aliphatic heterocycles. The van der Waals surface area contributed by atoms with Crippen LogP contribution in [-0.2, 0) is 4.79 Å². The third kappa shape index (κ3) is 2.77. The van der Waals surface area contributed by atoms with Gasteiger partial charge in [-0.3, -0.25) is 9.59 Å². The summed E-state index contributed by atoms with van der Waals surface area (Å²) in [6.07, 6.45) is 0.432. The molecule has 5 nitrogen and oxygen atoms in total. The molecule has 0 bridgehead atoms. The number of hydrogen-bond donors (Lipinski definition) is 2. The molecule has 2 N–H and O–H groups in total. The second kappa shape index (κ2) is 5.60. The minimum Gasteiger partial charge on any atom is -0.481 e. The standard InChI is InChI=1S/C16H19NO4/c1-4-16(3,15(19)20)9-17-14(18)13-10(2)11-7-5-6-8-12(11)21-13/h5-8H,4,9H2,1-3H3,(H,17,18)(H,19,20). The summed E-state index contributed by atoms with van der Waals surface area (Å²) in [6, 6.07) is 7.40. The van der Waals surface area contributed by atoms with E-state index < -0.39 is 11.4 Å². The molecule has 0 fully saturated rings. The Morgan fingerprint density at radius 2 is 2.00 bits per heavy atom. The van der Waals surface area contributed by atoms with E-state index in [1.807, 2.05) is 25.1 Å². The second-order valence-corrected chi connectivity index (χ2v) is 5.45. The molecule has 2 aromatic rings. The Bertz CT molecular complexity index is 689. The smallest absolute Gasteiger partial charge is 0.311 e. The highest BCUT2D eigenvalue weighted by atomic mass is 16.4. The predicted octanol–water partition coefficient (Wildman–Crippen LogP) is 2.97. The number of aliphatic carboxylic acids is 1. The fourth-order valence-corrected chi connectivity index (χ4v) is 2.10. The van der Waals surface area contributed by atoms with Gasteiger partial charge in [-0.05, 0) is 26.3 Å². The molecule has 21 heavy (non-hydrogen) atoms. The summed E-state index contributed by atoms with van der Waals surface area (Å²) in [4.78, 5) is 23.5. The van der Waals surface area contributed by atoms with Crippen molar-refractivity contribution in [2.75, 3.05) is 6.54 Å². The summed E-state index contributed by atoms with van der Waals surface area (Å²) in [7, 11) is 0. The van der Waals surface area contributed by atoms with E-state index in [0.29, 0.717) is 12.0 Å². The Morgan fingerprint density at radius 1 is 1.33 bits per heavy atom. The van der Waals surface area contributed by atoms with Crippen molar-refractivity contribution in [3.63, 3.8) is 0 Å². The van der Waals surface area contributed by atoms with E-state index in [2.05, 4.69) is 5.32 Å². The summed E-state index contributed by atoms with van der Waals surface area (Å²) in [5.74, 6) is -1.07. The van der Waals surface area contributed by atoms with E-state index in [0.717, 1.165) is 10.9 Å². The van der Waals surface area contributed by atoms with Crippen LogP contribution in [0.2, 0.25) is 0 Å². The van der Waals surface area contributed by atoms with Crippen molar-refractivity contribution in [3.05, 3.63) is 35.6 Å². The molecule has 1 atom stereocenters. The molecule has 5 heteroatoms. The number of rotatable bonds is 5. The van der Waals surface area contributed by atoms with E-state index in [1.165, 1.54) is 0 Å². The zero-order chi connectivity index (χ0) is 15.6. The van der Waals surface area contributed by atoms with E-state index in [9.17, 15) is 14.7 Å². The lowest BCUT2D eigenvalue weighted by molar-refractivity contribution is -0.147. The Kier molecular flexibility index (Phi) is 4.02. The molecule has 0 radical (unpaired) electrons. The Balaban J connectivity index is 2.20. The quantitative estimate of drug-likeness (QED) is 0.886. The average Bonchev–Trinajstić information content (AvgIpc) is 2.82. The lowest BCUT2D eigenvalue weighted by atomic mass is 9.87. The number of benzene rings is 1. The first-order valence-electron chi connectivity index (χ1n) is 6.89. The summed E-state index contributed by atoms with van der Waals surface area (Å²) in [5.41, 5.74) is 0.434. The number of carbonyl (C=O) groups excluding carboxylic acids is 1. The normalized spacial score (nSPS) is 13.9. The maximum atomic E-state index is 12.2. The van der Waals surface area contributed by atoms with Gasteiger partial charge in [-0.1, -0.05) is 25.1 Å². The van der Waals surface area contributed by atoms with Crippen LogP contribution in [0.15, 0.2) is 28.7 Å². The molecule has 0 aliphatic rings. The van der Waals surface area contributed by atoms with E-state index in [-0.39, 0.29) is 18.2 Å². The molecule has 1 heterocycles. The van der Waals surface area contributed by atoms with Gasteiger partial charge in [-0.25, -0.2) is 0 Å². The van der Waals surface area contributed by atoms with Gasteiger partial charge in [-0.2, -0.15) is 0 Å². The molecule has 0 spiro atoms. The third-order valence-corrected chi connectivity index (χ3v) is 3.99. The molecule has 1 aromatic carbocycles. The highest BCUT2D eigenvalue weighted by Gasteiger charge is 2.32. The summed E-state index contributed by atoms with van der Waals surface area (Å²) in [5, 5.41) is 12.8. The molecular formula is C16H19NO4. The van der Waals surface area contributed by atoms with Crippen molar-refractivity contribution < 1.29 is 19.1 Å². The first-order chi connectivity index (χ1) is 9.89. The molecule has 0 saturated carbocycles. The van der Waals surface area contributed by atoms with Gasteiger partial charge in [-0.15, -0.1) is 0 Å². The molecule has 112 valence electrons. The van der Waals surface area contributed by atoms with Gasteiger partial charge >= 0.3 is 5.97 Å². The largest absolute Gasteiger partial charge is 0.481 e. The molecule has 0 aliphatic carbocycles. The number of para-hydroxylation sites is 1. The number of fused-ring (bicyclic) bond motifs is 1. The van der Waals surface area contributed by atoms with Crippen LogP contribution in [0.1, 0.15) is 36.4 Å². The van der Waals surface area contributed by atoms with Crippen molar-refractivity contribution >= 4 is 22.8 Å². The lowest BCUT2D eigenvalue weighted by Crippen LogP contribution is -2.40. The average molecular weight is 289 g/mol. The van der Waals surface area contributed by atoms with Crippen LogP contribution < -0.4 is 5.32 Å². The topological polar surface area (TPSA) is 79.5 Å². The lowest BCUT2D eigenvalue weighted by Gasteiger charge is -2.22. The van der Waals surface area contributed by atoms with Crippen molar-refractivity contribution in [1.82, 2.24) is 5.32 Å². The van der Waals surface area contributed by atoms with Crippen LogP contribution in [0.25, 0.3) is 11.0 Å². The molecule has 1 aromatic heterocycles. The van der Waals surface area contributed by atoms with Gasteiger partial charge in [0.05, 0.1) is 5.41 Å². The van der Waals surface area contributed by atoms with Crippen molar-refractivity contribution in [2.24, 2.45) is 5.41 Å². The van der Waals surface area contributed by atoms with Gasteiger partial charge in [0.1, 0.15) is 5.58 Å². The van der Waals surface area contributed by atoms with Gasteiger partial charge < -0.3 is 14.8 Å². The van der Waals surface area contributed by atoms with Crippen LogP contribution in [-0.4, -0.2) is 23.5 Å². The Morgan fingerprint density at radius 3 is 2.57 bits per heavy atom. The highest BCUT2D eigenvalue weighted by molar-refractivity contribution is 5.99. The van der Waals surface area contributed by atoms with Gasteiger partial charge in [0.2, 0.25) is 0 Å². The fraction of sp³-hybridized carbons (Fsp3) is 0.375. The Hall–Kier alpha value is -2.30. The van der Waals surface area contributed by atoms with Crippen LogP contribution in [0.3, 0.4) is 0 Å². The number of carbonyl (C=O) groups is 2. The molecule has 0 saturated heterocycles. The van der Waals surface area contributed by atoms with E-state index in [4.69, 9.17) is 4.42 Å². The molecule has 1 amide bonds. The zero-order valence-corrected chi connectivity index (χ0v) is 12.4. The molecule has 2 rings (SSSR count). The number of aryl methyl sites for hydroxylation is 1. The molecular weight excluding hydrogens is 270 g/mol. The minimum atomic E-state index is -0.977. The fourth-order valence-electron chi connectivity index (χ4n) is 2.10. The van der Waals surface area contributed by atoms with E-state index in [1.54, 1.807) is 19.9 Å². The summed E-state index contributed by atoms with van der Waals surface area (Å²) >= 11 is 0. The highest BCUT2D eigenvalue weighted by Crippen LogP contribution is 2.25. The van der Waals surface area contributed by atoms with Crippen molar-refractivity contribution in [3.8, 4) is 0 Å². The van der Waals surface area contributed by atoms with Crippen LogP contribution >= 0.6 is 0 Å². The number of carboxylic acids is 1. The Labute approximate surface area is 122 Å². The maximum Gasteiger partial charge on any atom is 0.311 e. The first-order valence-corrected chi connectivity index (χ1v) is 6.89. The van der Waals surface area contributed by atoms with Gasteiger partial charge in [0.25, 0.3) is 5.91 Å². The van der Waals surface area contributed by atoms with Crippen LogP contribution in [0.4, 0.5) is 0 Å². The number of carboxylic acid groups (broad SMARTS) is 1. The van der Waals surface area contributed by atoms with Gasteiger partial charge in [0, 0.05) is 17.5 Å². The number of furan rings is 1. The monoisotopic (exact) mass is 289 g/mol. The SMILES string of the molecule is CCC(C)(CNC(=O)c1oc2ccccc2c1C)C(=O)O. The number of amides is 1. The van der Waals surface area contributed by atoms with Crippen LogP contribution in [0, 0.1) is 12.3 Å². The predicted molar refractivity (Wildman–Crippen MR) is 79.3 cm³/mol. The second-order valence-electron chi connectivity index (χ2n) is 5.45. The maximum absolute atomic E-state index is 12.2. The number of nitrogens with one attached hydrogen (secondary N) is 1. The summed E-state index contributed by atoms with van der Waals surface area (Å²) in [6.45, 7) is 5.28. The van der Waals surface area contributed by atoms with Crippen molar-refractivity contribution in [2.45, 2.75) is 27.2 Å². The van der Waals surface area contributed by atoms with Gasteiger partial charge in [0.15, 0.2) is 5.76 Å². The molecule has 1 unspecified atom stereocenters.